The highest BCUT2D eigenvalue weighted by atomic mass is 35.5. The van der Waals surface area contributed by atoms with Crippen molar-refractivity contribution in [3.05, 3.63) is 41.0 Å². The Hall–Kier alpha value is -1.20. The topological polar surface area (TPSA) is 34.6 Å². The van der Waals surface area contributed by atoms with Crippen LogP contribution in [0.3, 0.4) is 0 Å². The molecule has 3 heterocycles. The van der Waals surface area contributed by atoms with E-state index in [4.69, 9.17) is 21.1 Å². The van der Waals surface area contributed by atoms with Gasteiger partial charge in [-0.3, -0.25) is 9.88 Å². The van der Waals surface area contributed by atoms with Gasteiger partial charge in [-0.1, -0.05) is 23.7 Å². The molecule has 4 nitrogen and oxygen atoms in total. The molecule has 0 amide bonds. The zero-order chi connectivity index (χ0) is 17.8. The van der Waals surface area contributed by atoms with Crippen molar-refractivity contribution in [3.63, 3.8) is 0 Å². The molecule has 5 heteroatoms. The maximum Gasteiger partial charge on any atom is 0.0808 e. The van der Waals surface area contributed by atoms with Gasteiger partial charge in [0.1, 0.15) is 0 Å². The third-order valence-electron chi connectivity index (χ3n) is 5.53. The van der Waals surface area contributed by atoms with Gasteiger partial charge in [0.05, 0.1) is 24.3 Å². The molecule has 140 valence electrons. The van der Waals surface area contributed by atoms with Crippen molar-refractivity contribution in [1.82, 2.24) is 9.88 Å². The van der Waals surface area contributed by atoms with Crippen LogP contribution in [0.2, 0.25) is 5.02 Å². The molecule has 2 aliphatic rings. The highest BCUT2D eigenvalue weighted by Crippen LogP contribution is 2.27. The standard InChI is InChI=1S/C21H27ClN2O2/c22-20-7-6-16-4-3-10-23-21(16)19(20)14-24-11-8-17(9-12-24)26-15-18-5-1-2-13-25-18/h3-4,6-7,10,17-18H,1-2,5,8-9,11-15H2. The molecule has 1 aromatic heterocycles. The molecule has 1 atom stereocenters. The Morgan fingerprint density at radius 1 is 1.15 bits per heavy atom. The zero-order valence-electron chi connectivity index (χ0n) is 15.2. The average Bonchev–Trinajstić information content (AvgIpc) is 2.70. The van der Waals surface area contributed by atoms with Crippen molar-refractivity contribution in [2.45, 2.75) is 50.9 Å². The third kappa shape index (κ3) is 4.37. The van der Waals surface area contributed by atoms with Crippen molar-refractivity contribution < 1.29 is 9.47 Å². The van der Waals surface area contributed by atoms with Gasteiger partial charge in [0.2, 0.25) is 0 Å². The lowest BCUT2D eigenvalue weighted by molar-refractivity contribution is -0.0753. The minimum Gasteiger partial charge on any atom is -0.376 e. The van der Waals surface area contributed by atoms with Gasteiger partial charge in [-0.2, -0.15) is 0 Å². The Morgan fingerprint density at radius 3 is 2.85 bits per heavy atom. The van der Waals surface area contributed by atoms with E-state index in [2.05, 4.69) is 16.0 Å². The molecule has 2 fully saturated rings. The maximum atomic E-state index is 6.48. The largest absolute Gasteiger partial charge is 0.376 e. The predicted molar refractivity (Wildman–Crippen MR) is 105 cm³/mol. The number of rotatable bonds is 5. The Balaban J connectivity index is 1.31. The van der Waals surface area contributed by atoms with Crippen LogP contribution in [0.15, 0.2) is 30.5 Å². The second-order valence-corrected chi connectivity index (χ2v) is 7.81. The summed E-state index contributed by atoms with van der Waals surface area (Å²) in [5, 5.41) is 1.96. The van der Waals surface area contributed by atoms with E-state index in [1.807, 2.05) is 24.4 Å². The normalized spacial score (nSPS) is 22.7. The molecule has 0 radical (unpaired) electrons. The molecular weight excluding hydrogens is 348 g/mol. The van der Waals surface area contributed by atoms with Crippen LogP contribution in [0.25, 0.3) is 10.9 Å². The fraction of sp³-hybridized carbons (Fsp3) is 0.571. The summed E-state index contributed by atoms with van der Waals surface area (Å²) in [7, 11) is 0. The number of fused-ring (bicyclic) bond motifs is 1. The number of hydrogen-bond donors (Lipinski definition) is 0. The number of likely N-dealkylation sites (tertiary alicyclic amines) is 1. The molecule has 2 aliphatic heterocycles. The van der Waals surface area contributed by atoms with Crippen LogP contribution < -0.4 is 0 Å². The van der Waals surface area contributed by atoms with Gasteiger partial charge in [0, 0.05) is 48.4 Å². The highest BCUT2D eigenvalue weighted by Gasteiger charge is 2.23. The monoisotopic (exact) mass is 374 g/mol. The van der Waals surface area contributed by atoms with Crippen LogP contribution in [0.4, 0.5) is 0 Å². The summed E-state index contributed by atoms with van der Waals surface area (Å²) >= 11 is 6.48. The van der Waals surface area contributed by atoms with E-state index >= 15 is 0 Å². The summed E-state index contributed by atoms with van der Waals surface area (Å²) in [6, 6.07) is 8.09. The number of piperidine rings is 1. The molecule has 26 heavy (non-hydrogen) atoms. The molecule has 0 spiro atoms. The van der Waals surface area contributed by atoms with E-state index in [0.717, 1.165) is 73.6 Å². The number of pyridine rings is 1. The van der Waals surface area contributed by atoms with Gasteiger partial charge in [0.25, 0.3) is 0 Å². The molecule has 1 aromatic carbocycles. The minimum atomic E-state index is 0.308. The average molecular weight is 375 g/mol. The first-order chi connectivity index (χ1) is 12.8. The fourth-order valence-electron chi connectivity index (χ4n) is 3.97. The number of aromatic nitrogens is 1. The van der Waals surface area contributed by atoms with Crippen LogP contribution in [0, 0.1) is 0 Å². The van der Waals surface area contributed by atoms with Crippen LogP contribution in [-0.2, 0) is 16.0 Å². The van der Waals surface area contributed by atoms with Crippen LogP contribution in [0.5, 0.6) is 0 Å². The second kappa shape index (κ2) is 8.66. The number of nitrogens with zero attached hydrogens (tertiary/aromatic N) is 2. The second-order valence-electron chi connectivity index (χ2n) is 7.40. The third-order valence-corrected chi connectivity index (χ3v) is 5.88. The molecule has 0 aliphatic carbocycles. The van der Waals surface area contributed by atoms with Gasteiger partial charge in [-0.15, -0.1) is 0 Å². The molecule has 0 N–H and O–H groups in total. The van der Waals surface area contributed by atoms with E-state index in [0.29, 0.717) is 12.2 Å². The van der Waals surface area contributed by atoms with E-state index in [9.17, 15) is 0 Å². The molecule has 2 saturated heterocycles. The van der Waals surface area contributed by atoms with Crippen molar-refractivity contribution >= 4 is 22.5 Å². The summed E-state index contributed by atoms with van der Waals surface area (Å²) in [4.78, 5) is 7.02. The number of hydrogen-bond acceptors (Lipinski definition) is 4. The minimum absolute atomic E-state index is 0.308. The Kier molecular flexibility index (Phi) is 6.05. The van der Waals surface area contributed by atoms with Gasteiger partial charge < -0.3 is 9.47 Å². The van der Waals surface area contributed by atoms with Crippen LogP contribution >= 0.6 is 11.6 Å². The first kappa shape index (κ1) is 18.2. The van der Waals surface area contributed by atoms with Crippen molar-refractivity contribution in [1.29, 1.82) is 0 Å². The summed E-state index contributed by atoms with van der Waals surface area (Å²) in [6.45, 7) is 4.58. The van der Waals surface area contributed by atoms with E-state index in [-0.39, 0.29) is 0 Å². The molecular formula is C21H27ClN2O2. The smallest absolute Gasteiger partial charge is 0.0808 e. The van der Waals surface area contributed by atoms with Gasteiger partial charge >= 0.3 is 0 Å². The van der Waals surface area contributed by atoms with E-state index in [1.54, 1.807) is 0 Å². The van der Waals surface area contributed by atoms with Crippen molar-refractivity contribution in [2.75, 3.05) is 26.3 Å². The quantitative estimate of drug-likeness (QED) is 0.775. The van der Waals surface area contributed by atoms with Gasteiger partial charge in [-0.25, -0.2) is 0 Å². The maximum absolute atomic E-state index is 6.48. The number of halogens is 1. The Morgan fingerprint density at radius 2 is 2.04 bits per heavy atom. The van der Waals surface area contributed by atoms with E-state index < -0.39 is 0 Å². The van der Waals surface area contributed by atoms with Gasteiger partial charge in [-0.05, 0) is 44.2 Å². The number of ether oxygens (including phenoxy) is 2. The lowest BCUT2D eigenvalue weighted by Crippen LogP contribution is -2.38. The summed E-state index contributed by atoms with van der Waals surface area (Å²) in [5.41, 5.74) is 2.16. The van der Waals surface area contributed by atoms with E-state index in [1.165, 1.54) is 12.8 Å². The zero-order valence-corrected chi connectivity index (χ0v) is 16.0. The van der Waals surface area contributed by atoms with Crippen molar-refractivity contribution in [2.24, 2.45) is 0 Å². The van der Waals surface area contributed by atoms with Gasteiger partial charge in [0.15, 0.2) is 0 Å². The van der Waals surface area contributed by atoms with Crippen LogP contribution in [-0.4, -0.2) is 48.4 Å². The number of benzene rings is 1. The Bertz CT molecular complexity index is 725. The SMILES string of the molecule is Clc1ccc2cccnc2c1CN1CCC(OCC2CCCCO2)CC1. The lowest BCUT2D eigenvalue weighted by Gasteiger charge is -2.33. The molecule has 2 aromatic rings. The first-order valence-corrected chi connectivity index (χ1v) is 10.1. The predicted octanol–water partition coefficient (Wildman–Crippen LogP) is 4.44. The van der Waals surface area contributed by atoms with Crippen LogP contribution in [0.1, 0.15) is 37.7 Å². The lowest BCUT2D eigenvalue weighted by atomic mass is 10.0. The summed E-state index contributed by atoms with van der Waals surface area (Å²) in [6.07, 6.45) is 8.26. The molecule has 0 saturated carbocycles. The summed E-state index contributed by atoms with van der Waals surface area (Å²) < 4.78 is 11.9. The molecule has 1 unspecified atom stereocenters. The highest BCUT2D eigenvalue weighted by molar-refractivity contribution is 6.32. The molecule has 4 rings (SSSR count). The Labute approximate surface area is 160 Å². The molecule has 0 bridgehead atoms. The van der Waals surface area contributed by atoms with Crippen molar-refractivity contribution in [3.8, 4) is 0 Å². The fourth-order valence-corrected chi connectivity index (χ4v) is 4.18. The first-order valence-electron chi connectivity index (χ1n) is 9.77. The summed E-state index contributed by atoms with van der Waals surface area (Å²) in [5.74, 6) is 0.